The van der Waals surface area contributed by atoms with E-state index in [-0.39, 0.29) is 0 Å². The number of pyridine rings is 2. The van der Waals surface area contributed by atoms with Crippen molar-refractivity contribution in [1.29, 1.82) is 0 Å². The van der Waals surface area contributed by atoms with E-state index in [0.29, 0.717) is 0 Å². The van der Waals surface area contributed by atoms with Crippen molar-refractivity contribution in [3.05, 3.63) is 437 Å². The lowest BCUT2D eigenvalue weighted by molar-refractivity contribution is 0.766. The zero-order valence-electron chi connectivity index (χ0n) is 66.1. The third-order valence-electron chi connectivity index (χ3n) is 24.1. The molecule has 0 aliphatic carbocycles. The second kappa shape index (κ2) is 29.9. The Balaban J connectivity index is 0.000000142. The van der Waals surface area contributed by atoms with E-state index >= 15 is 0 Å². The summed E-state index contributed by atoms with van der Waals surface area (Å²) in [5.41, 5.74) is 27.9. The first-order valence-corrected chi connectivity index (χ1v) is 41.3. The highest BCUT2D eigenvalue weighted by Crippen LogP contribution is 2.42. The maximum Gasteiger partial charge on any atom is 0.121 e. The molecule has 0 amide bonds. The number of benzene rings is 20. The van der Waals surface area contributed by atoms with Gasteiger partial charge in [0.05, 0.1) is 11.4 Å². The summed E-state index contributed by atoms with van der Waals surface area (Å²) in [6.45, 7) is 0. The Bertz CT molecular complexity index is 7800. The Hall–Kier alpha value is -16.4. The third kappa shape index (κ3) is 13.6. The molecule has 0 aliphatic rings. The molecule has 8 heteroatoms. The first-order valence-electron chi connectivity index (χ1n) is 41.3. The van der Waals surface area contributed by atoms with E-state index in [9.17, 15) is 0 Å². The van der Waals surface area contributed by atoms with Crippen LogP contribution in [0.1, 0.15) is 0 Å². The Labute approximate surface area is 703 Å². The molecule has 8 nitrogen and oxygen atoms in total. The lowest BCUT2D eigenvalue weighted by Gasteiger charge is -2.11. The van der Waals surface area contributed by atoms with Crippen molar-refractivity contribution in [1.82, 2.24) is 40.0 Å². The van der Waals surface area contributed by atoms with Gasteiger partial charge < -0.3 is 0 Å². The molecule has 0 spiro atoms. The molecule has 24 rings (SSSR count). The molecule has 0 saturated carbocycles. The highest BCUT2D eigenvalue weighted by Gasteiger charge is 2.20. The van der Waals surface area contributed by atoms with E-state index in [1.165, 1.54) is 131 Å². The van der Waals surface area contributed by atoms with Gasteiger partial charge in [0.25, 0.3) is 0 Å². The van der Waals surface area contributed by atoms with Crippen molar-refractivity contribution in [3.63, 3.8) is 0 Å². The fourth-order valence-electron chi connectivity index (χ4n) is 17.6. The van der Waals surface area contributed by atoms with Crippen LogP contribution in [0.3, 0.4) is 0 Å². The fraction of sp³-hybridized carbons (Fsp3) is 0. The van der Waals surface area contributed by atoms with E-state index in [1.807, 2.05) is 49.1 Å². The van der Waals surface area contributed by atoms with Crippen LogP contribution in [0.25, 0.3) is 231 Å². The summed E-state index contributed by atoms with van der Waals surface area (Å²) < 4.78 is 0. The molecule has 0 unspecified atom stereocenters. The van der Waals surface area contributed by atoms with Gasteiger partial charge in [-0.15, -0.1) is 20.4 Å². The highest BCUT2D eigenvalue weighted by atomic mass is 15.5. The van der Waals surface area contributed by atoms with Crippen molar-refractivity contribution >= 4 is 108 Å². The molecule has 0 radical (unpaired) electrons. The van der Waals surface area contributed by atoms with Gasteiger partial charge >= 0.3 is 0 Å². The van der Waals surface area contributed by atoms with Gasteiger partial charge in [0.15, 0.2) is 0 Å². The summed E-state index contributed by atoms with van der Waals surface area (Å²) in [5, 5.41) is 40.1. The number of nitrogens with zero attached hydrogens (tertiary/aromatic N) is 8. The average Bonchev–Trinajstić information content (AvgIpc) is 1.21. The van der Waals surface area contributed by atoms with E-state index < -0.39 is 0 Å². The van der Waals surface area contributed by atoms with Crippen molar-refractivity contribution in [2.24, 2.45) is 0 Å². The molecule has 24 aromatic rings. The van der Waals surface area contributed by atoms with Gasteiger partial charge in [0.1, 0.15) is 22.1 Å². The lowest BCUT2D eigenvalue weighted by Crippen LogP contribution is -1.98. The summed E-state index contributed by atoms with van der Waals surface area (Å²) >= 11 is 0. The average molecular weight is 1550 g/mol. The van der Waals surface area contributed by atoms with Crippen LogP contribution in [-0.4, -0.2) is 40.0 Å². The molecule has 4 heterocycles. The van der Waals surface area contributed by atoms with E-state index in [4.69, 9.17) is 20.4 Å². The molecule has 0 atom stereocenters. The Kier molecular flexibility index (Phi) is 17.4. The van der Waals surface area contributed by atoms with Crippen molar-refractivity contribution < 1.29 is 0 Å². The smallest absolute Gasteiger partial charge is 0.121 e. The zero-order chi connectivity index (χ0) is 80.6. The standard InChI is InChI=1S/2C57H36N4/c2*1-3-8-40-28-43(14-12-37(40)6-1)45-16-17-48-32-51(21-20-47(48)30-45)53-35-55(57-56(36-53)59-61(60-57)54-11-5-10-42(34-54)39-24-26-58-27-25-39)52-23-22-49-31-46(18-19-50(49)33-52)44-15-13-38-7-2-4-9-41(38)29-44/h2*1-36H. The molecule has 0 fully saturated rings. The largest absolute Gasteiger partial charge is 0.265 e. The van der Waals surface area contributed by atoms with E-state index in [1.54, 1.807) is 9.59 Å². The summed E-state index contributed by atoms with van der Waals surface area (Å²) in [6.07, 6.45) is 7.28. The second-order valence-electron chi connectivity index (χ2n) is 31.7. The fourth-order valence-corrected chi connectivity index (χ4v) is 17.6. The molecule has 568 valence electrons. The van der Waals surface area contributed by atoms with Crippen molar-refractivity contribution in [3.8, 4) is 123 Å². The monoisotopic (exact) mass is 1550 g/mol. The van der Waals surface area contributed by atoms with Gasteiger partial charge in [-0.25, -0.2) is 0 Å². The van der Waals surface area contributed by atoms with Crippen LogP contribution in [0.15, 0.2) is 437 Å². The van der Waals surface area contributed by atoms with Crippen LogP contribution >= 0.6 is 0 Å². The predicted molar refractivity (Wildman–Crippen MR) is 508 cm³/mol. The molecule has 0 N–H and O–H groups in total. The summed E-state index contributed by atoms with van der Waals surface area (Å²) in [4.78, 5) is 12.0. The number of fused-ring (bicyclic) bond motifs is 10. The Morgan fingerprint density at radius 1 is 0.139 bits per heavy atom. The minimum atomic E-state index is 0.834. The molecule has 4 aromatic heterocycles. The maximum absolute atomic E-state index is 5.19. The SMILES string of the molecule is c1cc(-c2ccncc2)cc(-n2nc3cc(-c4ccc5cc(-c6ccc7ccccc7c6)ccc5c4)cc(-c4ccc5cc(-c6ccc7ccccc7c6)ccc5c4)c3n2)c1.c1cc(-c2ccncc2)cc(-n2nc3cc(-c4ccc5cc(-c6ccc7ccccc7c6)ccc5c4)cc(-c4ccc5cc(-c6ccc7ccccc7c6)ccc5c4)c3n2)c1. The number of hydrogen-bond acceptors (Lipinski definition) is 6. The normalized spacial score (nSPS) is 11.6. The van der Waals surface area contributed by atoms with Gasteiger partial charge in [0.2, 0.25) is 0 Å². The van der Waals surface area contributed by atoms with Gasteiger partial charge in [-0.3, -0.25) is 9.97 Å². The zero-order valence-corrected chi connectivity index (χ0v) is 66.1. The molecule has 0 saturated heterocycles. The first-order chi connectivity index (χ1) is 60.3. The van der Waals surface area contributed by atoms with Crippen molar-refractivity contribution in [2.75, 3.05) is 0 Å². The van der Waals surface area contributed by atoms with Gasteiger partial charge in [0, 0.05) is 35.9 Å². The van der Waals surface area contributed by atoms with Gasteiger partial charge in [-0.05, 0) is 332 Å². The number of hydrogen-bond donors (Lipinski definition) is 0. The summed E-state index contributed by atoms with van der Waals surface area (Å²) in [5.74, 6) is 0. The highest BCUT2D eigenvalue weighted by molar-refractivity contribution is 6.04. The Morgan fingerprint density at radius 2 is 0.361 bits per heavy atom. The summed E-state index contributed by atoms with van der Waals surface area (Å²) in [6, 6.07) is 149. The minimum Gasteiger partial charge on any atom is -0.265 e. The van der Waals surface area contributed by atoms with Crippen LogP contribution in [0, 0.1) is 0 Å². The van der Waals surface area contributed by atoms with Gasteiger partial charge in [-0.1, -0.05) is 267 Å². The first kappa shape index (κ1) is 70.9. The molecular weight excluding hydrogens is 1480 g/mol. The van der Waals surface area contributed by atoms with E-state index in [2.05, 4.69) is 398 Å². The Morgan fingerprint density at radius 3 is 0.639 bits per heavy atom. The number of aromatic nitrogens is 8. The summed E-state index contributed by atoms with van der Waals surface area (Å²) in [7, 11) is 0. The third-order valence-corrected chi connectivity index (χ3v) is 24.1. The van der Waals surface area contributed by atoms with Crippen LogP contribution < -0.4 is 0 Å². The van der Waals surface area contributed by atoms with Crippen LogP contribution in [0.4, 0.5) is 0 Å². The molecule has 0 bridgehead atoms. The quantitative estimate of drug-likeness (QED) is 0.121. The molecule has 122 heavy (non-hydrogen) atoms. The van der Waals surface area contributed by atoms with Crippen molar-refractivity contribution in [2.45, 2.75) is 0 Å². The topological polar surface area (TPSA) is 87.2 Å². The predicted octanol–water partition coefficient (Wildman–Crippen LogP) is 29.5. The molecule has 0 aliphatic heterocycles. The van der Waals surface area contributed by atoms with E-state index in [0.717, 1.165) is 100 Å². The minimum absolute atomic E-state index is 0.834. The lowest BCUT2D eigenvalue weighted by atomic mass is 9.93. The molecule has 20 aromatic carbocycles. The second-order valence-corrected chi connectivity index (χ2v) is 31.7. The molecular formula is C114H72N8. The van der Waals surface area contributed by atoms with Crippen LogP contribution in [-0.2, 0) is 0 Å². The van der Waals surface area contributed by atoms with Crippen LogP contribution in [0.5, 0.6) is 0 Å². The number of rotatable bonds is 12. The van der Waals surface area contributed by atoms with Gasteiger partial charge in [-0.2, -0.15) is 9.59 Å². The maximum atomic E-state index is 5.19. The van der Waals surface area contributed by atoms with Crippen LogP contribution in [0.2, 0.25) is 0 Å².